The van der Waals surface area contributed by atoms with Crippen LogP contribution in [-0.4, -0.2) is 38.3 Å². The molecule has 104 valence electrons. The molecular formula is C13H17FN2O3. The van der Waals surface area contributed by atoms with Gasteiger partial charge in [-0.2, -0.15) is 0 Å². The third-order valence-electron chi connectivity index (χ3n) is 2.72. The molecule has 1 fully saturated rings. The Morgan fingerprint density at radius 2 is 2.47 bits per heavy atom. The van der Waals surface area contributed by atoms with Gasteiger partial charge in [0.05, 0.1) is 13.2 Å². The highest BCUT2D eigenvalue weighted by atomic mass is 19.1. The molecule has 5 nitrogen and oxygen atoms in total. The van der Waals surface area contributed by atoms with Crippen LogP contribution in [0.3, 0.4) is 0 Å². The largest absolute Gasteiger partial charge is 0.491 e. The summed E-state index contributed by atoms with van der Waals surface area (Å²) in [6.45, 7) is 3.87. The van der Waals surface area contributed by atoms with Crippen LogP contribution in [0.25, 0.3) is 0 Å². The first kappa shape index (κ1) is 13.8. The lowest BCUT2D eigenvalue weighted by molar-refractivity contribution is -0.128. The molecule has 1 aromatic rings. The Kier molecular flexibility index (Phi) is 4.70. The summed E-state index contributed by atoms with van der Waals surface area (Å²) >= 11 is 0. The lowest BCUT2D eigenvalue weighted by atomic mass is 10.2. The van der Waals surface area contributed by atoms with Gasteiger partial charge in [0, 0.05) is 24.8 Å². The van der Waals surface area contributed by atoms with Crippen molar-refractivity contribution < 1.29 is 18.7 Å². The van der Waals surface area contributed by atoms with Crippen molar-refractivity contribution in [2.24, 2.45) is 0 Å². The van der Waals surface area contributed by atoms with Gasteiger partial charge < -0.3 is 20.1 Å². The number of benzene rings is 1. The molecule has 0 aliphatic carbocycles. The van der Waals surface area contributed by atoms with Crippen LogP contribution in [0, 0.1) is 5.82 Å². The first-order valence-electron chi connectivity index (χ1n) is 6.26. The van der Waals surface area contributed by atoms with E-state index >= 15 is 0 Å². The second kappa shape index (κ2) is 6.49. The Balaban J connectivity index is 1.98. The predicted molar refractivity (Wildman–Crippen MR) is 68.8 cm³/mol. The van der Waals surface area contributed by atoms with E-state index in [9.17, 15) is 9.18 Å². The summed E-state index contributed by atoms with van der Waals surface area (Å²) < 4.78 is 24.0. The van der Waals surface area contributed by atoms with Gasteiger partial charge in [-0.15, -0.1) is 0 Å². The van der Waals surface area contributed by atoms with E-state index in [4.69, 9.17) is 9.47 Å². The fourth-order valence-electron chi connectivity index (χ4n) is 1.81. The molecule has 19 heavy (non-hydrogen) atoms. The number of anilines is 1. The van der Waals surface area contributed by atoms with Crippen molar-refractivity contribution in [3.05, 3.63) is 24.0 Å². The van der Waals surface area contributed by atoms with Crippen LogP contribution in [0.4, 0.5) is 10.1 Å². The minimum atomic E-state index is -0.539. The molecule has 0 aromatic heterocycles. The summed E-state index contributed by atoms with van der Waals surface area (Å²) in [5.74, 6) is -0.603. The van der Waals surface area contributed by atoms with Crippen molar-refractivity contribution in [3.8, 4) is 5.75 Å². The zero-order chi connectivity index (χ0) is 13.7. The Morgan fingerprint density at radius 1 is 1.63 bits per heavy atom. The third-order valence-corrected chi connectivity index (χ3v) is 2.72. The van der Waals surface area contributed by atoms with Gasteiger partial charge in [0.2, 0.25) is 0 Å². The Hall–Kier alpha value is -1.66. The molecule has 2 N–H and O–H groups in total. The van der Waals surface area contributed by atoms with Crippen LogP contribution in [0.1, 0.15) is 6.92 Å². The predicted octanol–water partition coefficient (Wildman–Crippen LogP) is 1.15. The first-order chi connectivity index (χ1) is 9.20. The van der Waals surface area contributed by atoms with Gasteiger partial charge >= 0.3 is 0 Å². The molecule has 1 aromatic carbocycles. The van der Waals surface area contributed by atoms with Crippen molar-refractivity contribution in [2.45, 2.75) is 13.0 Å². The molecule has 1 aliphatic rings. The summed E-state index contributed by atoms with van der Waals surface area (Å²) in [6, 6.07) is 4.33. The van der Waals surface area contributed by atoms with E-state index in [1.165, 1.54) is 12.1 Å². The number of halogens is 1. The van der Waals surface area contributed by atoms with E-state index in [-0.39, 0.29) is 11.7 Å². The SMILES string of the molecule is CCOc1ccc(NC(=O)C2CNCCO2)cc1F. The van der Waals surface area contributed by atoms with Gasteiger partial charge in [-0.25, -0.2) is 4.39 Å². The molecular weight excluding hydrogens is 251 g/mol. The molecule has 1 saturated heterocycles. The molecule has 0 saturated carbocycles. The fraction of sp³-hybridized carbons (Fsp3) is 0.462. The Labute approximate surface area is 111 Å². The number of ether oxygens (including phenoxy) is 2. The summed E-state index contributed by atoms with van der Waals surface area (Å²) in [5.41, 5.74) is 0.389. The van der Waals surface area contributed by atoms with Crippen LogP contribution in [0.2, 0.25) is 0 Å². The quantitative estimate of drug-likeness (QED) is 0.860. The molecule has 1 unspecified atom stereocenters. The smallest absolute Gasteiger partial charge is 0.254 e. The molecule has 1 amide bonds. The highest BCUT2D eigenvalue weighted by Gasteiger charge is 2.21. The number of nitrogens with one attached hydrogen (secondary N) is 2. The maximum absolute atomic E-state index is 13.6. The summed E-state index contributed by atoms with van der Waals surface area (Å²) in [4.78, 5) is 11.9. The van der Waals surface area contributed by atoms with Crippen LogP contribution >= 0.6 is 0 Å². The Bertz CT molecular complexity index is 448. The number of hydrogen-bond acceptors (Lipinski definition) is 4. The molecule has 0 radical (unpaired) electrons. The second-order valence-corrected chi connectivity index (χ2v) is 4.13. The Morgan fingerprint density at radius 3 is 3.11 bits per heavy atom. The zero-order valence-electron chi connectivity index (χ0n) is 10.7. The third kappa shape index (κ3) is 3.65. The van der Waals surface area contributed by atoms with Crippen LogP contribution in [0.15, 0.2) is 18.2 Å². The average molecular weight is 268 g/mol. The molecule has 2 rings (SSSR count). The maximum Gasteiger partial charge on any atom is 0.254 e. The summed E-state index contributed by atoms with van der Waals surface area (Å²) in [7, 11) is 0. The minimum Gasteiger partial charge on any atom is -0.491 e. The van der Waals surface area contributed by atoms with Crippen molar-refractivity contribution in [3.63, 3.8) is 0 Å². The van der Waals surface area contributed by atoms with Gasteiger partial charge in [0.15, 0.2) is 11.6 Å². The highest BCUT2D eigenvalue weighted by molar-refractivity contribution is 5.94. The van der Waals surface area contributed by atoms with Gasteiger partial charge in [-0.1, -0.05) is 0 Å². The monoisotopic (exact) mass is 268 g/mol. The standard InChI is InChI=1S/C13H17FN2O3/c1-2-18-11-4-3-9(7-10(11)14)16-13(17)12-8-15-5-6-19-12/h3-4,7,12,15H,2,5-6,8H2,1H3,(H,16,17). The number of carbonyl (C=O) groups excluding carboxylic acids is 1. The van der Waals surface area contributed by atoms with Crippen LogP contribution < -0.4 is 15.4 Å². The van der Waals surface area contributed by atoms with E-state index in [1.54, 1.807) is 13.0 Å². The van der Waals surface area contributed by atoms with E-state index in [1.807, 2.05) is 0 Å². The van der Waals surface area contributed by atoms with Gasteiger partial charge in [0.25, 0.3) is 5.91 Å². The van der Waals surface area contributed by atoms with E-state index in [0.717, 1.165) is 6.54 Å². The van der Waals surface area contributed by atoms with Gasteiger partial charge in [-0.05, 0) is 19.1 Å². The molecule has 0 bridgehead atoms. The molecule has 1 aliphatic heterocycles. The van der Waals surface area contributed by atoms with Crippen LogP contribution in [0.5, 0.6) is 5.75 Å². The number of carbonyl (C=O) groups is 1. The van der Waals surface area contributed by atoms with E-state index in [2.05, 4.69) is 10.6 Å². The molecule has 6 heteroatoms. The number of hydrogen-bond donors (Lipinski definition) is 2. The number of morpholine rings is 1. The normalized spacial score (nSPS) is 18.9. The van der Waals surface area contributed by atoms with Crippen molar-refractivity contribution >= 4 is 11.6 Å². The summed E-state index contributed by atoms with van der Waals surface area (Å²) in [6.07, 6.45) is -0.539. The second-order valence-electron chi connectivity index (χ2n) is 4.13. The lowest BCUT2D eigenvalue weighted by Crippen LogP contribution is -2.45. The van der Waals surface area contributed by atoms with Crippen molar-refractivity contribution in [1.82, 2.24) is 5.32 Å². The van der Waals surface area contributed by atoms with E-state index in [0.29, 0.717) is 25.4 Å². The minimum absolute atomic E-state index is 0.177. The van der Waals surface area contributed by atoms with E-state index < -0.39 is 11.9 Å². The molecule has 1 heterocycles. The highest BCUT2D eigenvalue weighted by Crippen LogP contribution is 2.21. The number of amides is 1. The maximum atomic E-state index is 13.6. The lowest BCUT2D eigenvalue weighted by Gasteiger charge is -2.22. The van der Waals surface area contributed by atoms with Gasteiger partial charge in [-0.3, -0.25) is 4.79 Å². The first-order valence-corrected chi connectivity index (χ1v) is 6.26. The van der Waals surface area contributed by atoms with Crippen molar-refractivity contribution in [2.75, 3.05) is 31.6 Å². The van der Waals surface area contributed by atoms with Crippen molar-refractivity contribution in [1.29, 1.82) is 0 Å². The fourth-order valence-corrected chi connectivity index (χ4v) is 1.81. The van der Waals surface area contributed by atoms with Crippen LogP contribution in [-0.2, 0) is 9.53 Å². The topological polar surface area (TPSA) is 59.6 Å². The zero-order valence-corrected chi connectivity index (χ0v) is 10.7. The average Bonchev–Trinajstić information content (AvgIpc) is 2.43. The summed E-state index contributed by atoms with van der Waals surface area (Å²) in [5, 5.41) is 5.68. The molecule has 1 atom stereocenters. The van der Waals surface area contributed by atoms with Gasteiger partial charge in [0.1, 0.15) is 6.10 Å². The number of rotatable bonds is 4. The molecule has 0 spiro atoms.